The molecule has 0 fully saturated rings. The Kier molecular flexibility index (Phi) is 1.33. The second-order valence-corrected chi connectivity index (χ2v) is 4.47. The minimum atomic E-state index is 0.175. The summed E-state index contributed by atoms with van der Waals surface area (Å²) in [5.41, 5.74) is 4.06. The first-order valence-corrected chi connectivity index (χ1v) is 4.35. The summed E-state index contributed by atoms with van der Waals surface area (Å²) in [5, 5.41) is 0. The topological polar surface area (TPSA) is 25.8 Å². The van der Waals surface area contributed by atoms with Gasteiger partial charge in [0.1, 0.15) is 5.82 Å². The zero-order valence-corrected chi connectivity index (χ0v) is 8.10. The van der Waals surface area contributed by atoms with Crippen LogP contribution in [0.2, 0.25) is 0 Å². The number of aryl methyl sites for hydroxylation is 1. The van der Waals surface area contributed by atoms with Gasteiger partial charge in [-0.05, 0) is 6.92 Å². The Balaban J connectivity index is 2.54. The zero-order chi connectivity index (χ0) is 8.93. The quantitative estimate of drug-likeness (QED) is 0.592. The molecule has 1 aliphatic rings. The third-order valence-corrected chi connectivity index (χ3v) is 2.13. The van der Waals surface area contributed by atoms with Crippen LogP contribution in [-0.4, -0.2) is 9.97 Å². The smallest absolute Gasteiger partial charge is 0.125 e. The Morgan fingerprint density at radius 3 is 2.42 bits per heavy atom. The van der Waals surface area contributed by atoms with Crippen molar-refractivity contribution in [2.45, 2.75) is 39.5 Å². The van der Waals surface area contributed by atoms with Crippen molar-refractivity contribution in [3.05, 3.63) is 22.8 Å². The third-order valence-electron chi connectivity index (χ3n) is 2.13. The molecule has 1 heterocycles. The van der Waals surface area contributed by atoms with Gasteiger partial charge in [-0.25, -0.2) is 9.97 Å². The SMILES string of the molecule is Cc1nc2c(c(C(C)(C)C)n1)C2. The summed E-state index contributed by atoms with van der Waals surface area (Å²) in [6.45, 7) is 8.57. The van der Waals surface area contributed by atoms with E-state index in [1.54, 1.807) is 0 Å². The molecule has 0 saturated carbocycles. The van der Waals surface area contributed by atoms with E-state index in [9.17, 15) is 0 Å². The molecule has 1 aliphatic carbocycles. The highest BCUT2D eigenvalue weighted by Gasteiger charge is 2.30. The lowest BCUT2D eigenvalue weighted by molar-refractivity contribution is 0.564. The maximum atomic E-state index is 4.48. The molecule has 0 amide bonds. The van der Waals surface area contributed by atoms with Gasteiger partial charge in [0.15, 0.2) is 0 Å². The molecule has 0 atom stereocenters. The van der Waals surface area contributed by atoms with E-state index in [0.717, 1.165) is 12.2 Å². The molecule has 0 radical (unpaired) electrons. The Morgan fingerprint density at radius 1 is 1.17 bits per heavy atom. The second-order valence-electron chi connectivity index (χ2n) is 4.47. The highest BCUT2D eigenvalue weighted by Crippen LogP contribution is 2.35. The van der Waals surface area contributed by atoms with Gasteiger partial charge in [-0.3, -0.25) is 0 Å². The van der Waals surface area contributed by atoms with Gasteiger partial charge >= 0.3 is 0 Å². The number of hydrogen-bond acceptors (Lipinski definition) is 2. The van der Waals surface area contributed by atoms with Crippen LogP contribution in [0.5, 0.6) is 0 Å². The molecule has 0 unspecified atom stereocenters. The summed E-state index contributed by atoms with van der Waals surface area (Å²) in [4.78, 5) is 8.81. The van der Waals surface area contributed by atoms with Gasteiger partial charge in [0.25, 0.3) is 0 Å². The highest BCUT2D eigenvalue weighted by molar-refractivity contribution is 5.45. The van der Waals surface area contributed by atoms with Crippen LogP contribution < -0.4 is 0 Å². The van der Waals surface area contributed by atoms with Gasteiger partial charge in [-0.2, -0.15) is 0 Å². The van der Waals surface area contributed by atoms with Crippen molar-refractivity contribution >= 4 is 0 Å². The van der Waals surface area contributed by atoms with Gasteiger partial charge in [0.05, 0.1) is 11.4 Å². The summed E-state index contributed by atoms with van der Waals surface area (Å²) in [6.07, 6.45) is 1.06. The first-order chi connectivity index (χ1) is 5.48. The van der Waals surface area contributed by atoms with Crippen molar-refractivity contribution in [3.8, 4) is 0 Å². The lowest BCUT2D eigenvalue weighted by Gasteiger charge is -2.17. The molecule has 2 nitrogen and oxygen atoms in total. The van der Waals surface area contributed by atoms with Crippen LogP contribution in [0.4, 0.5) is 0 Å². The molecule has 0 bridgehead atoms. The molecule has 0 aliphatic heterocycles. The van der Waals surface area contributed by atoms with E-state index < -0.39 is 0 Å². The number of rotatable bonds is 0. The lowest BCUT2D eigenvalue weighted by atomic mass is 9.91. The van der Waals surface area contributed by atoms with E-state index in [1.165, 1.54) is 17.0 Å². The lowest BCUT2D eigenvalue weighted by Crippen LogP contribution is -2.14. The van der Waals surface area contributed by atoms with E-state index in [2.05, 4.69) is 30.7 Å². The standard InChI is InChI=1S/C10H14N2/c1-6-11-8-5-7(8)9(12-6)10(2,3)4/h5H2,1-4H3. The van der Waals surface area contributed by atoms with Crippen LogP contribution in [-0.2, 0) is 11.8 Å². The molecule has 2 rings (SSSR count). The minimum absolute atomic E-state index is 0.175. The number of fused-ring (bicyclic) bond motifs is 1. The van der Waals surface area contributed by atoms with Crippen LogP contribution >= 0.6 is 0 Å². The highest BCUT2D eigenvalue weighted by atomic mass is 14.9. The minimum Gasteiger partial charge on any atom is -0.238 e. The van der Waals surface area contributed by atoms with E-state index >= 15 is 0 Å². The average Bonchev–Trinajstić information content (AvgIpc) is 2.61. The maximum Gasteiger partial charge on any atom is 0.125 e. The largest absolute Gasteiger partial charge is 0.238 e. The van der Waals surface area contributed by atoms with Gasteiger partial charge in [0, 0.05) is 17.4 Å². The summed E-state index contributed by atoms with van der Waals surface area (Å²) >= 11 is 0. The second kappa shape index (κ2) is 2.06. The molecule has 0 aromatic carbocycles. The summed E-state index contributed by atoms with van der Waals surface area (Å²) in [5.74, 6) is 0.913. The van der Waals surface area contributed by atoms with Gasteiger partial charge in [-0.1, -0.05) is 20.8 Å². The van der Waals surface area contributed by atoms with Crippen LogP contribution in [0.25, 0.3) is 0 Å². The predicted molar refractivity (Wildman–Crippen MR) is 48.3 cm³/mol. The normalized spacial score (nSPS) is 14.3. The van der Waals surface area contributed by atoms with Crippen LogP contribution in [0.15, 0.2) is 0 Å². The molecule has 0 saturated heterocycles. The van der Waals surface area contributed by atoms with Gasteiger partial charge in [-0.15, -0.1) is 0 Å². The van der Waals surface area contributed by atoms with Crippen molar-refractivity contribution in [2.75, 3.05) is 0 Å². The van der Waals surface area contributed by atoms with E-state index in [4.69, 9.17) is 0 Å². The fraction of sp³-hybridized carbons (Fsp3) is 0.600. The van der Waals surface area contributed by atoms with Gasteiger partial charge < -0.3 is 0 Å². The van der Waals surface area contributed by atoms with Gasteiger partial charge in [0.2, 0.25) is 0 Å². The zero-order valence-electron chi connectivity index (χ0n) is 8.10. The predicted octanol–water partition coefficient (Wildman–Crippen LogP) is 1.99. The number of aromatic nitrogens is 2. The first kappa shape index (κ1) is 7.71. The van der Waals surface area contributed by atoms with Crippen LogP contribution in [0, 0.1) is 6.92 Å². The monoisotopic (exact) mass is 162 g/mol. The van der Waals surface area contributed by atoms with Crippen molar-refractivity contribution in [2.24, 2.45) is 0 Å². The Labute approximate surface area is 73.1 Å². The summed E-state index contributed by atoms with van der Waals surface area (Å²) in [7, 11) is 0. The summed E-state index contributed by atoms with van der Waals surface area (Å²) < 4.78 is 0. The fourth-order valence-electron chi connectivity index (χ4n) is 1.52. The Hall–Kier alpha value is -0.920. The molecular weight excluding hydrogens is 148 g/mol. The molecular formula is C10H14N2. The molecule has 12 heavy (non-hydrogen) atoms. The van der Waals surface area contributed by atoms with Crippen molar-refractivity contribution < 1.29 is 0 Å². The third kappa shape index (κ3) is 1.11. The average molecular weight is 162 g/mol. The molecule has 0 N–H and O–H groups in total. The van der Waals surface area contributed by atoms with Crippen molar-refractivity contribution in [1.82, 2.24) is 9.97 Å². The molecule has 1 aromatic heterocycles. The Bertz CT molecular complexity index is 334. The molecule has 2 heteroatoms. The summed E-state index contributed by atoms with van der Waals surface area (Å²) in [6, 6.07) is 0. The number of hydrogen-bond donors (Lipinski definition) is 0. The number of nitrogens with zero attached hydrogens (tertiary/aromatic N) is 2. The Morgan fingerprint density at radius 2 is 1.83 bits per heavy atom. The molecule has 64 valence electrons. The van der Waals surface area contributed by atoms with E-state index in [1.807, 2.05) is 6.92 Å². The maximum absolute atomic E-state index is 4.48. The van der Waals surface area contributed by atoms with Crippen LogP contribution in [0.1, 0.15) is 43.5 Å². The fourth-order valence-corrected chi connectivity index (χ4v) is 1.52. The van der Waals surface area contributed by atoms with Crippen molar-refractivity contribution in [3.63, 3.8) is 0 Å². The van der Waals surface area contributed by atoms with E-state index in [-0.39, 0.29) is 5.41 Å². The van der Waals surface area contributed by atoms with Crippen molar-refractivity contribution in [1.29, 1.82) is 0 Å². The molecule has 1 aromatic rings. The molecule has 0 spiro atoms. The van der Waals surface area contributed by atoms with Crippen LogP contribution in [0.3, 0.4) is 0 Å². The van der Waals surface area contributed by atoms with E-state index in [0.29, 0.717) is 0 Å². The first-order valence-electron chi connectivity index (χ1n) is 4.35.